The van der Waals surface area contributed by atoms with Gasteiger partial charge in [0.1, 0.15) is 0 Å². The van der Waals surface area contributed by atoms with E-state index < -0.39 is 20.6 Å². The number of hydrogen-bond acceptors (Lipinski definition) is 5. The number of nitrogens with one attached hydrogen (secondary N) is 2. The van der Waals surface area contributed by atoms with Crippen molar-refractivity contribution in [3.05, 3.63) is 0 Å². The smallest absolute Gasteiger partial charge is 0.221 e. The summed E-state index contributed by atoms with van der Waals surface area (Å²) in [4.78, 5) is 11.5. The van der Waals surface area contributed by atoms with Crippen LogP contribution < -0.4 is 10.6 Å². The molecule has 0 aliphatic carbocycles. The first-order valence-corrected chi connectivity index (χ1v) is 9.29. The number of rotatable bonds is 6. The van der Waals surface area contributed by atoms with Crippen LogP contribution in [0.25, 0.3) is 0 Å². The van der Waals surface area contributed by atoms with Gasteiger partial charge in [0.15, 0.2) is 9.84 Å². The minimum atomic E-state index is -3.01. The number of hydrogen-bond donors (Lipinski definition) is 2. The van der Waals surface area contributed by atoms with Gasteiger partial charge in [-0.1, -0.05) is 6.92 Å². The van der Waals surface area contributed by atoms with E-state index in [1.807, 2.05) is 6.92 Å². The van der Waals surface area contributed by atoms with E-state index in [0.717, 1.165) is 0 Å². The monoisotopic (exact) mass is 296 g/mol. The maximum Gasteiger partial charge on any atom is 0.221 e. The molecular weight excluding hydrogens is 276 g/mol. The predicted molar refractivity (Wildman–Crippen MR) is 71.6 cm³/mol. The maximum absolute atomic E-state index is 11.5. The van der Waals surface area contributed by atoms with Crippen LogP contribution in [0.5, 0.6) is 0 Å². The molecule has 0 aromatic rings. The Morgan fingerprint density at radius 2 is 2.22 bits per heavy atom. The third-order valence-corrected chi connectivity index (χ3v) is 5.75. The molecule has 0 aromatic carbocycles. The van der Waals surface area contributed by atoms with Crippen LogP contribution in [0.3, 0.4) is 0 Å². The Morgan fingerprint density at radius 3 is 2.83 bits per heavy atom. The summed E-state index contributed by atoms with van der Waals surface area (Å²) in [6.07, 6.45) is 0.151. The molecule has 1 aliphatic heterocycles. The zero-order valence-corrected chi connectivity index (χ0v) is 12.1. The summed E-state index contributed by atoms with van der Waals surface area (Å²) in [5, 5.41) is 5.67. The molecule has 1 fully saturated rings. The Labute approximate surface area is 110 Å². The van der Waals surface area contributed by atoms with Crippen LogP contribution in [0.2, 0.25) is 0 Å². The minimum absolute atomic E-state index is 0.0152. The Bertz CT molecular complexity index is 408. The highest BCUT2D eigenvalue weighted by molar-refractivity contribution is 7.91. The molecule has 2 N–H and O–H groups in total. The number of amides is 1. The van der Waals surface area contributed by atoms with Crippen LogP contribution in [0.15, 0.2) is 0 Å². The van der Waals surface area contributed by atoms with Crippen molar-refractivity contribution < 1.29 is 17.4 Å². The lowest BCUT2D eigenvalue weighted by Gasteiger charge is -2.23. The van der Waals surface area contributed by atoms with Crippen LogP contribution in [-0.4, -0.2) is 60.7 Å². The first kappa shape index (κ1) is 15.6. The van der Waals surface area contributed by atoms with Gasteiger partial charge < -0.3 is 10.6 Å². The highest BCUT2D eigenvalue weighted by atomic mass is 32.2. The number of sulfone groups is 1. The zero-order valence-electron chi connectivity index (χ0n) is 10.5. The highest BCUT2D eigenvalue weighted by Gasteiger charge is 2.25. The van der Waals surface area contributed by atoms with Gasteiger partial charge >= 0.3 is 0 Å². The lowest BCUT2D eigenvalue weighted by molar-refractivity contribution is -0.121. The van der Waals surface area contributed by atoms with Gasteiger partial charge in [-0.3, -0.25) is 9.00 Å². The molecule has 1 amide bonds. The van der Waals surface area contributed by atoms with Crippen molar-refractivity contribution in [2.45, 2.75) is 19.4 Å². The normalized spacial score (nSPS) is 24.4. The molecule has 1 rings (SSSR count). The first-order valence-electron chi connectivity index (χ1n) is 5.98. The topological polar surface area (TPSA) is 92.3 Å². The largest absolute Gasteiger partial charge is 0.355 e. The third-order valence-electron chi connectivity index (χ3n) is 2.71. The Kier molecular flexibility index (Phi) is 6.24. The zero-order chi connectivity index (χ0) is 13.6. The molecule has 8 heteroatoms. The minimum Gasteiger partial charge on any atom is -0.355 e. The van der Waals surface area contributed by atoms with E-state index in [-0.39, 0.29) is 29.9 Å². The maximum atomic E-state index is 11.5. The average Bonchev–Trinajstić information content (AvgIpc) is 2.27. The van der Waals surface area contributed by atoms with Crippen LogP contribution >= 0.6 is 0 Å². The van der Waals surface area contributed by atoms with Gasteiger partial charge in [0.05, 0.1) is 11.5 Å². The summed E-state index contributed by atoms with van der Waals surface area (Å²) in [7, 11) is -3.90. The number of carbonyl (C=O) groups excluding carboxylic acids is 1. The summed E-state index contributed by atoms with van der Waals surface area (Å²) in [5.74, 6) is 0.983. The van der Waals surface area contributed by atoms with Gasteiger partial charge in [0.25, 0.3) is 0 Å². The van der Waals surface area contributed by atoms with E-state index >= 15 is 0 Å². The fraction of sp³-hybridized carbons (Fsp3) is 0.900. The highest BCUT2D eigenvalue weighted by Crippen LogP contribution is 2.04. The Hall–Kier alpha value is -0.470. The predicted octanol–water partition coefficient (Wildman–Crippen LogP) is -1.35. The van der Waals surface area contributed by atoms with Crippen molar-refractivity contribution in [3.63, 3.8) is 0 Å². The first-order chi connectivity index (χ1) is 8.43. The molecule has 1 heterocycles. The van der Waals surface area contributed by atoms with E-state index in [2.05, 4.69) is 10.6 Å². The molecule has 18 heavy (non-hydrogen) atoms. The third kappa shape index (κ3) is 5.92. The molecule has 0 spiro atoms. The average molecular weight is 296 g/mol. The second kappa shape index (κ2) is 7.20. The summed E-state index contributed by atoms with van der Waals surface area (Å²) in [6, 6.07) is -0.305. The molecule has 1 saturated heterocycles. The van der Waals surface area contributed by atoms with Crippen molar-refractivity contribution in [2.24, 2.45) is 0 Å². The standard InChI is InChI=1S/C10H20N2O4S2/c1-2-17(14)5-3-12-10(13)7-9-8-18(15,16)6-4-11-9/h9,11H,2-8H2,1H3,(H,12,13). The SMILES string of the molecule is CCS(=O)CCNC(=O)CC1CS(=O)(=O)CCN1. The molecule has 0 radical (unpaired) electrons. The van der Waals surface area contributed by atoms with Crippen molar-refractivity contribution in [2.75, 3.05) is 36.1 Å². The molecular formula is C10H20N2O4S2. The lowest BCUT2D eigenvalue weighted by atomic mass is 10.2. The Morgan fingerprint density at radius 1 is 1.50 bits per heavy atom. The van der Waals surface area contributed by atoms with Gasteiger partial charge in [0.2, 0.25) is 5.91 Å². The van der Waals surface area contributed by atoms with Crippen LogP contribution in [0, 0.1) is 0 Å². The van der Waals surface area contributed by atoms with Crippen LogP contribution in [-0.2, 0) is 25.4 Å². The second-order valence-corrected chi connectivity index (χ2v) is 8.35. The molecule has 2 atom stereocenters. The summed E-state index contributed by atoms with van der Waals surface area (Å²) >= 11 is 0. The van der Waals surface area contributed by atoms with Gasteiger partial charge in [-0.15, -0.1) is 0 Å². The molecule has 106 valence electrons. The van der Waals surface area contributed by atoms with Crippen molar-refractivity contribution in [1.82, 2.24) is 10.6 Å². The van der Waals surface area contributed by atoms with Gasteiger partial charge in [-0.25, -0.2) is 8.42 Å². The van der Waals surface area contributed by atoms with Crippen molar-refractivity contribution in [1.29, 1.82) is 0 Å². The number of carbonyl (C=O) groups is 1. The quantitative estimate of drug-likeness (QED) is 0.632. The van der Waals surface area contributed by atoms with Crippen molar-refractivity contribution >= 4 is 26.5 Å². The van der Waals surface area contributed by atoms with E-state index in [1.54, 1.807) is 0 Å². The van der Waals surface area contributed by atoms with Gasteiger partial charge in [0, 0.05) is 47.9 Å². The molecule has 0 saturated carbocycles. The molecule has 2 unspecified atom stereocenters. The molecule has 0 bridgehead atoms. The molecule has 0 aromatic heterocycles. The second-order valence-electron chi connectivity index (χ2n) is 4.25. The van der Waals surface area contributed by atoms with Gasteiger partial charge in [-0.05, 0) is 0 Å². The van der Waals surface area contributed by atoms with Crippen LogP contribution in [0.4, 0.5) is 0 Å². The summed E-state index contributed by atoms with van der Waals surface area (Å²) in [5.41, 5.74) is 0. The van der Waals surface area contributed by atoms with E-state index in [4.69, 9.17) is 0 Å². The van der Waals surface area contributed by atoms with Gasteiger partial charge in [-0.2, -0.15) is 0 Å². The lowest BCUT2D eigenvalue weighted by Crippen LogP contribution is -2.47. The summed E-state index contributed by atoms with van der Waals surface area (Å²) in [6.45, 7) is 2.60. The molecule has 6 nitrogen and oxygen atoms in total. The van der Waals surface area contributed by atoms with E-state index in [9.17, 15) is 17.4 Å². The van der Waals surface area contributed by atoms with Crippen molar-refractivity contribution in [3.8, 4) is 0 Å². The fourth-order valence-corrected chi connectivity index (χ4v) is 3.81. The Balaban J connectivity index is 2.26. The van der Waals surface area contributed by atoms with E-state index in [1.165, 1.54) is 0 Å². The molecule has 1 aliphatic rings. The van der Waals surface area contributed by atoms with Crippen LogP contribution in [0.1, 0.15) is 13.3 Å². The summed E-state index contributed by atoms with van der Waals surface area (Å²) < 4.78 is 33.9. The fourth-order valence-electron chi connectivity index (χ4n) is 1.74. The van der Waals surface area contributed by atoms with E-state index in [0.29, 0.717) is 24.6 Å².